The predicted molar refractivity (Wildman–Crippen MR) is 74.1 cm³/mol. The number of nitrogens with two attached hydrogens (primary N) is 1. The fourth-order valence-corrected chi connectivity index (χ4v) is 3.15. The van der Waals surface area contributed by atoms with E-state index in [0.717, 1.165) is 17.1 Å². The summed E-state index contributed by atoms with van der Waals surface area (Å²) in [6.45, 7) is 4.35. The third-order valence-corrected chi connectivity index (χ3v) is 4.60. The zero-order valence-corrected chi connectivity index (χ0v) is 12.1. The Kier molecular flexibility index (Phi) is 4.89. The van der Waals surface area contributed by atoms with Gasteiger partial charge in [-0.15, -0.1) is 11.8 Å². The molecule has 5 heteroatoms. The van der Waals surface area contributed by atoms with Gasteiger partial charge in [-0.2, -0.15) is 0 Å². The highest BCUT2D eigenvalue weighted by Gasteiger charge is 2.09. The first-order valence-electron chi connectivity index (χ1n) is 5.53. The Hall–Kier alpha value is -0.680. The minimum Gasteiger partial charge on any atom is -0.398 e. The van der Waals surface area contributed by atoms with Crippen LogP contribution < -0.4 is 5.73 Å². The van der Waals surface area contributed by atoms with Crippen LogP contribution in [-0.4, -0.2) is 20.4 Å². The highest BCUT2D eigenvalue weighted by atomic mass is 32.2. The van der Waals surface area contributed by atoms with E-state index < -0.39 is 9.84 Å². The molecule has 0 unspecified atom stereocenters. The second kappa shape index (κ2) is 5.78. The van der Waals surface area contributed by atoms with Crippen LogP contribution >= 0.6 is 11.8 Å². The molecule has 0 aromatic heterocycles. The monoisotopic (exact) mass is 273 g/mol. The topological polar surface area (TPSA) is 60.2 Å². The number of sulfone groups is 1. The van der Waals surface area contributed by atoms with Gasteiger partial charge in [-0.1, -0.05) is 13.8 Å². The standard InChI is InChI=1S/C12H19NO2S2/c1-9(2)6-7-16-12-5-4-10(8-11(12)13)17(3,14)15/h4-5,8-9H,6-7,13H2,1-3H3. The minimum atomic E-state index is -3.17. The van der Waals surface area contributed by atoms with E-state index in [1.165, 1.54) is 12.3 Å². The first-order valence-corrected chi connectivity index (χ1v) is 8.41. The molecular formula is C12H19NO2S2. The van der Waals surface area contributed by atoms with Crippen molar-refractivity contribution in [2.75, 3.05) is 17.7 Å². The molecule has 1 aromatic carbocycles. The van der Waals surface area contributed by atoms with Crippen LogP contribution in [0.3, 0.4) is 0 Å². The zero-order valence-electron chi connectivity index (χ0n) is 10.4. The Morgan fingerprint density at radius 3 is 2.47 bits per heavy atom. The molecule has 0 fully saturated rings. The van der Waals surface area contributed by atoms with Crippen molar-refractivity contribution in [2.24, 2.45) is 5.92 Å². The molecule has 0 heterocycles. The summed E-state index contributed by atoms with van der Waals surface area (Å²) in [4.78, 5) is 1.24. The van der Waals surface area contributed by atoms with Crippen molar-refractivity contribution in [2.45, 2.75) is 30.1 Å². The van der Waals surface area contributed by atoms with Crippen LogP contribution in [-0.2, 0) is 9.84 Å². The molecule has 0 aliphatic heterocycles. The number of nitrogen functional groups attached to an aromatic ring is 1. The van der Waals surface area contributed by atoms with Gasteiger partial charge in [0.05, 0.1) is 4.90 Å². The van der Waals surface area contributed by atoms with Crippen molar-refractivity contribution in [1.82, 2.24) is 0 Å². The third-order valence-electron chi connectivity index (χ3n) is 2.36. The van der Waals surface area contributed by atoms with E-state index in [2.05, 4.69) is 13.8 Å². The lowest BCUT2D eigenvalue weighted by molar-refractivity contribution is 0.602. The fraction of sp³-hybridized carbons (Fsp3) is 0.500. The van der Waals surface area contributed by atoms with Crippen LogP contribution in [0, 0.1) is 5.92 Å². The van der Waals surface area contributed by atoms with Crippen LogP contribution in [0.15, 0.2) is 28.0 Å². The highest BCUT2D eigenvalue weighted by Crippen LogP contribution is 2.28. The highest BCUT2D eigenvalue weighted by molar-refractivity contribution is 7.99. The zero-order chi connectivity index (χ0) is 13.1. The quantitative estimate of drug-likeness (QED) is 0.662. The second-order valence-corrected chi connectivity index (χ2v) is 7.66. The molecule has 0 bridgehead atoms. The summed E-state index contributed by atoms with van der Waals surface area (Å²) in [7, 11) is -3.17. The van der Waals surface area contributed by atoms with Gasteiger partial charge < -0.3 is 5.73 Å². The fourth-order valence-electron chi connectivity index (χ4n) is 1.29. The largest absolute Gasteiger partial charge is 0.398 e. The third kappa shape index (κ3) is 4.60. The first-order chi connectivity index (χ1) is 7.80. The van der Waals surface area contributed by atoms with Gasteiger partial charge in [0.1, 0.15) is 0 Å². The average molecular weight is 273 g/mol. The second-order valence-electron chi connectivity index (χ2n) is 4.50. The predicted octanol–water partition coefficient (Wildman–Crippen LogP) is 2.81. The number of hydrogen-bond acceptors (Lipinski definition) is 4. The molecule has 0 radical (unpaired) electrons. The van der Waals surface area contributed by atoms with Gasteiger partial charge in [0, 0.05) is 16.8 Å². The molecule has 1 aromatic rings. The van der Waals surface area contributed by atoms with Gasteiger partial charge in [-0.05, 0) is 36.3 Å². The average Bonchev–Trinajstić information content (AvgIpc) is 2.18. The van der Waals surface area contributed by atoms with Crippen molar-refractivity contribution in [3.63, 3.8) is 0 Å². The van der Waals surface area contributed by atoms with Gasteiger partial charge in [0.25, 0.3) is 0 Å². The van der Waals surface area contributed by atoms with Crippen molar-refractivity contribution in [3.05, 3.63) is 18.2 Å². The molecule has 1 rings (SSSR count). The molecule has 0 aliphatic carbocycles. The lowest BCUT2D eigenvalue weighted by Gasteiger charge is -2.08. The number of anilines is 1. The summed E-state index contributed by atoms with van der Waals surface area (Å²) in [5.41, 5.74) is 6.39. The van der Waals surface area contributed by atoms with Crippen molar-refractivity contribution in [3.8, 4) is 0 Å². The van der Waals surface area contributed by atoms with E-state index in [4.69, 9.17) is 5.73 Å². The summed E-state index contributed by atoms with van der Waals surface area (Å²) in [5, 5.41) is 0. The van der Waals surface area contributed by atoms with Gasteiger partial charge in [-0.3, -0.25) is 0 Å². The molecule has 96 valence electrons. The lowest BCUT2D eigenvalue weighted by Crippen LogP contribution is -1.99. The van der Waals surface area contributed by atoms with Crippen LogP contribution in [0.25, 0.3) is 0 Å². The Labute approximate surface area is 108 Å². The molecule has 0 atom stereocenters. The molecule has 17 heavy (non-hydrogen) atoms. The summed E-state index contributed by atoms with van der Waals surface area (Å²) < 4.78 is 22.7. The molecule has 0 saturated heterocycles. The molecule has 0 amide bonds. The van der Waals surface area contributed by atoms with Crippen molar-refractivity contribution in [1.29, 1.82) is 0 Å². The number of rotatable bonds is 5. The van der Waals surface area contributed by atoms with E-state index in [0.29, 0.717) is 11.6 Å². The Morgan fingerprint density at radius 2 is 2.00 bits per heavy atom. The maximum Gasteiger partial charge on any atom is 0.175 e. The Morgan fingerprint density at radius 1 is 1.35 bits per heavy atom. The summed E-state index contributed by atoms with van der Waals surface area (Å²) in [6.07, 6.45) is 2.31. The molecule has 0 saturated carbocycles. The van der Waals surface area contributed by atoms with E-state index in [9.17, 15) is 8.42 Å². The first kappa shape index (κ1) is 14.4. The van der Waals surface area contributed by atoms with Crippen LogP contribution in [0.5, 0.6) is 0 Å². The Balaban J connectivity index is 2.77. The number of hydrogen-bond donors (Lipinski definition) is 1. The van der Waals surface area contributed by atoms with Gasteiger partial charge in [0.2, 0.25) is 0 Å². The normalized spacial score (nSPS) is 12.0. The molecular weight excluding hydrogens is 254 g/mol. The van der Waals surface area contributed by atoms with Crippen molar-refractivity contribution >= 4 is 27.3 Å². The maximum absolute atomic E-state index is 11.3. The van der Waals surface area contributed by atoms with Crippen molar-refractivity contribution < 1.29 is 8.42 Å². The van der Waals surface area contributed by atoms with Crippen LogP contribution in [0.2, 0.25) is 0 Å². The maximum atomic E-state index is 11.3. The SMILES string of the molecule is CC(C)CCSc1ccc(S(C)(=O)=O)cc1N. The van der Waals surface area contributed by atoms with E-state index in [1.54, 1.807) is 23.9 Å². The smallest absolute Gasteiger partial charge is 0.175 e. The van der Waals surface area contributed by atoms with Gasteiger partial charge in [-0.25, -0.2) is 8.42 Å². The molecule has 0 spiro atoms. The van der Waals surface area contributed by atoms with Gasteiger partial charge in [0.15, 0.2) is 9.84 Å². The van der Waals surface area contributed by atoms with E-state index in [-0.39, 0.29) is 4.90 Å². The molecule has 2 N–H and O–H groups in total. The van der Waals surface area contributed by atoms with Crippen LogP contribution in [0.1, 0.15) is 20.3 Å². The number of thioether (sulfide) groups is 1. The van der Waals surface area contributed by atoms with Crippen LogP contribution in [0.4, 0.5) is 5.69 Å². The summed E-state index contributed by atoms with van der Waals surface area (Å²) in [5.74, 6) is 1.67. The molecule has 3 nitrogen and oxygen atoms in total. The summed E-state index contributed by atoms with van der Waals surface area (Å²) >= 11 is 1.67. The summed E-state index contributed by atoms with van der Waals surface area (Å²) in [6, 6.07) is 4.94. The Bertz CT molecular complexity index is 481. The lowest BCUT2D eigenvalue weighted by atomic mass is 10.2. The van der Waals surface area contributed by atoms with E-state index >= 15 is 0 Å². The molecule has 0 aliphatic rings. The number of benzene rings is 1. The minimum absolute atomic E-state index is 0.281. The van der Waals surface area contributed by atoms with Gasteiger partial charge >= 0.3 is 0 Å². The van der Waals surface area contributed by atoms with E-state index in [1.807, 2.05) is 0 Å².